The fraction of sp³-hybridized carbons (Fsp3) is 0.294. The summed E-state index contributed by atoms with van der Waals surface area (Å²) in [6, 6.07) is 9.79. The molecule has 2 N–H and O–H groups in total. The van der Waals surface area contributed by atoms with Gasteiger partial charge in [0.2, 0.25) is 0 Å². The van der Waals surface area contributed by atoms with Crippen LogP contribution in [0, 0.1) is 6.92 Å². The van der Waals surface area contributed by atoms with Gasteiger partial charge in [0.15, 0.2) is 0 Å². The lowest BCUT2D eigenvalue weighted by atomic mass is 9.93. The number of benzene rings is 2. The maximum Gasteiger partial charge on any atom is 0.130 e. The number of rotatable bonds is 2. The van der Waals surface area contributed by atoms with Crippen LogP contribution in [0.25, 0.3) is 11.1 Å². The number of hydrogen-bond acceptors (Lipinski definition) is 2. The molecule has 2 aromatic carbocycles. The lowest BCUT2D eigenvalue weighted by molar-refractivity contribution is 0.182. The molecular formula is C17H17Cl2NO. The second kappa shape index (κ2) is 5.88. The van der Waals surface area contributed by atoms with Crippen molar-refractivity contribution in [2.24, 2.45) is 5.73 Å². The average molecular weight is 322 g/mol. The van der Waals surface area contributed by atoms with Gasteiger partial charge in [0.25, 0.3) is 0 Å². The van der Waals surface area contributed by atoms with Crippen molar-refractivity contribution in [2.75, 3.05) is 6.54 Å². The summed E-state index contributed by atoms with van der Waals surface area (Å²) < 4.78 is 6.09. The van der Waals surface area contributed by atoms with Crippen molar-refractivity contribution in [3.63, 3.8) is 0 Å². The Kier molecular flexibility index (Phi) is 4.12. The van der Waals surface area contributed by atoms with Gasteiger partial charge in [-0.3, -0.25) is 0 Å². The molecule has 21 heavy (non-hydrogen) atoms. The first-order chi connectivity index (χ1) is 10.1. The Hall–Kier alpha value is -1.22. The summed E-state index contributed by atoms with van der Waals surface area (Å²) in [6.07, 6.45) is 1.95. The summed E-state index contributed by atoms with van der Waals surface area (Å²) in [6.45, 7) is 2.57. The van der Waals surface area contributed by atoms with Gasteiger partial charge in [-0.1, -0.05) is 29.3 Å². The highest BCUT2D eigenvalue weighted by Gasteiger charge is 2.23. The van der Waals surface area contributed by atoms with Crippen molar-refractivity contribution in [3.05, 3.63) is 51.5 Å². The molecule has 110 valence electrons. The second-order valence-corrected chi connectivity index (χ2v) is 6.29. The Bertz CT molecular complexity index is 685. The third-order valence-corrected chi connectivity index (χ3v) is 4.35. The highest BCUT2D eigenvalue weighted by Crippen LogP contribution is 2.41. The first-order valence-electron chi connectivity index (χ1n) is 7.04. The van der Waals surface area contributed by atoms with Crippen LogP contribution < -0.4 is 10.5 Å². The predicted octanol–water partition coefficient (Wildman–Crippen LogP) is 4.62. The largest absolute Gasteiger partial charge is 0.488 e. The van der Waals surface area contributed by atoms with Crippen LogP contribution in [0.4, 0.5) is 0 Å². The van der Waals surface area contributed by atoms with Gasteiger partial charge in [0.05, 0.1) is 0 Å². The third kappa shape index (κ3) is 2.89. The van der Waals surface area contributed by atoms with Crippen LogP contribution in [-0.2, 0) is 6.42 Å². The SMILES string of the molecule is Cc1cc(Cl)ccc1-c1cc(Cl)cc2c1O[C@@H](CN)CC2. The predicted molar refractivity (Wildman–Crippen MR) is 88.4 cm³/mol. The maximum atomic E-state index is 6.28. The molecular weight excluding hydrogens is 305 g/mol. The van der Waals surface area contributed by atoms with Crippen molar-refractivity contribution in [1.29, 1.82) is 0 Å². The van der Waals surface area contributed by atoms with E-state index < -0.39 is 0 Å². The van der Waals surface area contributed by atoms with Crippen molar-refractivity contribution >= 4 is 23.2 Å². The minimum absolute atomic E-state index is 0.0741. The molecule has 1 heterocycles. The standard InChI is InChI=1S/C17H17Cl2NO/c1-10-6-12(18)3-5-15(10)16-8-13(19)7-11-2-4-14(9-20)21-17(11)16/h3,5-8,14H,2,4,9,20H2,1H3/t14-/m1/s1. The zero-order chi connectivity index (χ0) is 15.0. The van der Waals surface area contributed by atoms with E-state index in [0.717, 1.165) is 50.9 Å². The minimum Gasteiger partial charge on any atom is -0.488 e. The topological polar surface area (TPSA) is 35.2 Å². The van der Waals surface area contributed by atoms with Crippen LogP contribution in [0.5, 0.6) is 5.75 Å². The Balaban J connectivity index is 2.16. The zero-order valence-electron chi connectivity index (χ0n) is 11.8. The molecule has 0 fully saturated rings. The Morgan fingerprint density at radius 3 is 2.67 bits per heavy atom. The van der Waals surface area contributed by atoms with Crippen molar-refractivity contribution in [3.8, 4) is 16.9 Å². The molecule has 0 aromatic heterocycles. The van der Waals surface area contributed by atoms with Gasteiger partial charge >= 0.3 is 0 Å². The zero-order valence-corrected chi connectivity index (χ0v) is 13.3. The molecule has 0 unspecified atom stereocenters. The molecule has 2 aromatic rings. The minimum atomic E-state index is 0.0741. The van der Waals surface area contributed by atoms with E-state index in [1.807, 2.05) is 37.3 Å². The third-order valence-electron chi connectivity index (χ3n) is 3.89. The van der Waals surface area contributed by atoms with Crippen LogP contribution >= 0.6 is 23.2 Å². The molecule has 0 saturated carbocycles. The molecule has 0 amide bonds. The highest BCUT2D eigenvalue weighted by atomic mass is 35.5. The molecule has 2 nitrogen and oxygen atoms in total. The quantitative estimate of drug-likeness (QED) is 0.875. The van der Waals surface area contributed by atoms with E-state index in [1.54, 1.807) is 0 Å². The fourth-order valence-corrected chi connectivity index (χ4v) is 3.28. The summed E-state index contributed by atoms with van der Waals surface area (Å²) in [4.78, 5) is 0. The van der Waals surface area contributed by atoms with E-state index in [1.165, 1.54) is 0 Å². The molecule has 3 rings (SSSR count). The van der Waals surface area contributed by atoms with Crippen molar-refractivity contribution in [1.82, 2.24) is 0 Å². The lowest BCUT2D eigenvalue weighted by Gasteiger charge is -2.28. The van der Waals surface area contributed by atoms with E-state index in [9.17, 15) is 0 Å². The summed E-state index contributed by atoms with van der Waals surface area (Å²) in [5, 5.41) is 1.46. The number of nitrogens with two attached hydrogens (primary N) is 1. The molecule has 4 heteroatoms. The second-order valence-electron chi connectivity index (χ2n) is 5.42. The number of halogens is 2. The van der Waals surface area contributed by atoms with Crippen molar-refractivity contribution < 1.29 is 4.74 Å². The van der Waals surface area contributed by atoms with Gasteiger partial charge in [-0.05, 0) is 60.7 Å². The number of ether oxygens (including phenoxy) is 1. The molecule has 0 bridgehead atoms. The first-order valence-corrected chi connectivity index (χ1v) is 7.79. The van der Waals surface area contributed by atoms with Gasteiger partial charge < -0.3 is 10.5 Å². The van der Waals surface area contributed by atoms with Gasteiger partial charge in [-0.25, -0.2) is 0 Å². The summed E-state index contributed by atoms with van der Waals surface area (Å²) in [5.41, 5.74) is 10.1. The van der Waals surface area contributed by atoms with Gasteiger partial charge in [-0.2, -0.15) is 0 Å². The van der Waals surface area contributed by atoms with E-state index >= 15 is 0 Å². The highest BCUT2D eigenvalue weighted by molar-refractivity contribution is 6.31. The van der Waals surface area contributed by atoms with Gasteiger partial charge in [-0.15, -0.1) is 0 Å². The van der Waals surface area contributed by atoms with Gasteiger partial charge in [0, 0.05) is 22.2 Å². The molecule has 0 aliphatic carbocycles. The van der Waals surface area contributed by atoms with E-state index in [4.69, 9.17) is 33.7 Å². The number of fused-ring (bicyclic) bond motifs is 1. The summed E-state index contributed by atoms with van der Waals surface area (Å²) in [5.74, 6) is 0.909. The molecule has 0 radical (unpaired) electrons. The Morgan fingerprint density at radius 1 is 1.14 bits per heavy atom. The van der Waals surface area contributed by atoms with Crippen LogP contribution in [-0.4, -0.2) is 12.6 Å². The number of hydrogen-bond donors (Lipinski definition) is 1. The number of aryl methyl sites for hydroxylation is 2. The lowest BCUT2D eigenvalue weighted by Crippen LogP contribution is -2.30. The first kappa shape index (κ1) is 14.7. The van der Waals surface area contributed by atoms with Crippen LogP contribution in [0.2, 0.25) is 10.0 Å². The van der Waals surface area contributed by atoms with Crippen LogP contribution in [0.3, 0.4) is 0 Å². The van der Waals surface area contributed by atoms with Crippen molar-refractivity contribution in [2.45, 2.75) is 25.9 Å². The monoisotopic (exact) mass is 321 g/mol. The average Bonchev–Trinajstić information content (AvgIpc) is 2.46. The van der Waals surface area contributed by atoms with Crippen LogP contribution in [0.1, 0.15) is 17.5 Å². The maximum absolute atomic E-state index is 6.28. The normalized spacial score (nSPS) is 17.2. The summed E-state index contributed by atoms with van der Waals surface area (Å²) >= 11 is 12.3. The van der Waals surface area contributed by atoms with Gasteiger partial charge in [0.1, 0.15) is 11.9 Å². The molecule has 0 spiro atoms. The molecule has 1 atom stereocenters. The van der Waals surface area contributed by atoms with E-state index in [0.29, 0.717) is 6.54 Å². The molecule has 0 saturated heterocycles. The van der Waals surface area contributed by atoms with E-state index in [-0.39, 0.29) is 6.10 Å². The van der Waals surface area contributed by atoms with E-state index in [2.05, 4.69) is 0 Å². The van der Waals surface area contributed by atoms with Crippen LogP contribution in [0.15, 0.2) is 30.3 Å². The molecule has 1 aliphatic heterocycles. The Morgan fingerprint density at radius 2 is 1.95 bits per heavy atom. The summed E-state index contributed by atoms with van der Waals surface area (Å²) in [7, 11) is 0. The molecule has 1 aliphatic rings. The fourth-order valence-electron chi connectivity index (χ4n) is 2.81. The smallest absolute Gasteiger partial charge is 0.130 e. The Labute approximate surface area is 134 Å².